The number of hydrogen-bond donors (Lipinski definition) is 2. The lowest BCUT2D eigenvalue weighted by atomic mass is 9.94. The summed E-state index contributed by atoms with van der Waals surface area (Å²) in [5.41, 5.74) is 5.46. The number of nitrogens with one attached hydrogen (secondary N) is 1. The Balaban J connectivity index is 2.20. The van der Waals surface area contributed by atoms with Crippen molar-refractivity contribution in [2.45, 2.75) is 31.2 Å². The van der Waals surface area contributed by atoms with Crippen LogP contribution < -0.4 is 11.1 Å². The highest BCUT2D eigenvalue weighted by molar-refractivity contribution is 9.10. The molecule has 102 valence electrons. The highest BCUT2D eigenvalue weighted by Gasteiger charge is 2.51. The molecule has 1 aliphatic rings. The molecule has 0 aliphatic heterocycles. The number of carbonyl (C=O) groups is 2. The third-order valence-corrected chi connectivity index (χ3v) is 4.66. The van der Waals surface area contributed by atoms with E-state index in [1.807, 2.05) is 12.1 Å². The molecule has 1 aromatic carbocycles. The quantitative estimate of drug-likeness (QED) is 0.877. The van der Waals surface area contributed by atoms with Crippen LogP contribution in [0.2, 0.25) is 5.02 Å². The molecule has 4 nitrogen and oxygen atoms in total. The Hall–Kier alpha value is -1.07. The number of halogens is 2. The first-order valence-electron chi connectivity index (χ1n) is 5.92. The summed E-state index contributed by atoms with van der Waals surface area (Å²) in [6, 6.07) is 4.81. The number of rotatable bonds is 4. The predicted molar refractivity (Wildman–Crippen MR) is 76.9 cm³/mol. The monoisotopic (exact) mass is 344 g/mol. The molecule has 19 heavy (non-hydrogen) atoms. The van der Waals surface area contributed by atoms with Crippen molar-refractivity contribution in [3.05, 3.63) is 33.3 Å². The molecule has 1 aliphatic carbocycles. The van der Waals surface area contributed by atoms with Crippen LogP contribution in [0.15, 0.2) is 22.7 Å². The van der Waals surface area contributed by atoms with Crippen LogP contribution in [0.4, 0.5) is 0 Å². The number of carbonyl (C=O) groups excluding carboxylic acids is 2. The number of amides is 2. The largest absolute Gasteiger partial charge is 0.368 e. The molecule has 1 fully saturated rings. The second-order valence-corrected chi connectivity index (χ2v) is 6.07. The molecule has 1 aromatic rings. The zero-order valence-corrected chi connectivity index (χ0v) is 12.7. The second kappa shape index (κ2) is 5.13. The van der Waals surface area contributed by atoms with Gasteiger partial charge in [0.15, 0.2) is 0 Å². The Morgan fingerprint density at radius 2 is 2.11 bits per heavy atom. The summed E-state index contributed by atoms with van der Waals surface area (Å²) in [4.78, 5) is 23.3. The molecule has 6 heteroatoms. The summed E-state index contributed by atoms with van der Waals surface area (Å²) in [6.07, 6.45) is 1.50. The van der Waals surface area contributed by atoms with Gasteiger partial charge in [0.2, 0.25) is 11.8 Å². The first-order valence-corrected chi connectivity index (χ1v) is 7.10. The van der Waals surface area contributed by atoms with Gasteiger partial charge >= 0.3 is 0 Å². The summed E-state index contributed by atoms with van der Waals surface area (Å²) in [5.74, 6) is -0.713. The summed E-state index contributed by atoms with van der Waals surface area (Å²) in [7, 11) is 0. The van der Waals surface area contributed by atoms with Crippen molar-refractivity contribution < 1.29 is 9.59 Å². The molecular formula is C13H14BrClN2O2. The summed E-state index contributed by atoms with van der Waals surface area (Å²) >= 11 is 9.38. The van der Waals surface area contributed by atoms with Gasteiger partial charge in [-0.2, -0.15) is 0 Å². The van der Waals surface area contributed by atoms with E-state index in [4.69, 9.17) is 17.3 Å². The van der Waals surface area contributed by atoms with Gasteiger partial charge in [-0.3, -0.25) is 9.59 Å². The number of hydrogen-bond acceptors (Lipinski definition) is 2. The van der Waals surface area contributed by atoms with E-state index in [1.54, 1.807) is 13.0 Å². The molecule has 0 saturated heterocycles. The fourth-order valence-corrected chi connectivity index (χ4v) is 2.40. The normalized spacial score (nSPS) is 17.6. The Labute approximate surface area is 124 Å². The van der Waals surface area contributed by atoms with Crippen molar-refractivity contribution in [2.75, 3.05) is 0 Å². The predicted octanol–water partition coefficient (Wildman–Crippen LogP) is 2.12. The first kappa shape index (κ1) is 14.3. The van der Waals surface area contributed by atoms with Gasteiger partial charge in [-0.25, -0.2) is 0 Å². The molecule has 0 spiro atoms. The minimum atomic E-state index is -0.670. The number of primary amides is 1. The van der Waals surface area contributed by atoms with Crippen LogP contribution in [0, 0.1) is 0 Å². The van der Waals surface area contributed by atoms with Crippen LogP contribution in [0.25, 0.3) is 0 Å². The van der Waals surface area contributed by atoms with Crippen LogP contribution in [0.1, 0.15) is 25.3 Å². The van der Waals surface area contributed by atoms with E-state index in [0.717, 1.165) is 22.9 Å². The molecule has 2 amide bonds. The third-order valence-electron chi connectivity index (χ3n) is 3.43. The van der Waals surface area contributed by atoms with Gasteiger partial charge < -0.3 is 11.1 Å². The van der Waals surface area contributed by atoms with E-state index < -0.39 is 17.4 Å². The minimum Gasteiger partial charge on any atom is -0.368 e. The zero-order chi connectivity index (χ0) is 14.2. The molecule has 0 heterocycles. The average Bonchev–Trinajstić information content (AvgIpc) is 3.13. The van der Waals surface area contributed by atoms with Gasteiger partial charge in [0.25, 0.3) is 0 Å². The molecule has 0 radical (unpaired) electrons. The molecule has 0 bridgehead atoms. The van der Waals surface area contributed by atoms with E-state index >= 15 is 0 Å². The van der Waals surface area contributed by atoms with Gasteiger partial charge in [0.1, 0.15) is 6.04 Å². The summed E-state index contributed by atoms with van der Waals surface area (Å²) in [6.45, 7) is 1.57. The lowest BCUT2D eigenvalue weighted by Crippen LogP contribution is -2.46. The van der Waals surface area contributed by atoms with Crippen molar-refractivity contribution in [3.8, 4) is 0 Å². The van der Waals surface area contributed by atoms with E-state index in [0.29, 0.717) is 5.02 Å². The lowest BCUT2D eigenvalue weighted by molar-refractivity contribution is -0.128. The summed E-state index contributed by atoms with van der Waals surface area (Å²) < 4.78 is 0.791. The Bertz CT molecular complexity index is 543. The van der Waals surface area contributed by atoms with Crippen molar-refractivity contribution in [2.24, 2.45) is 5.73 Å². The molecule has 1 saturated carbocycles. The van der Waals surface area contributed by atoms with Crippen molar-refractivity contribution in [3.63, 3.8) is 0 Å². The maximum absolute atomic E-state index is 12.3. The maximum atomic E-state index is 12.3. The molecule has 3 N–H and O–H groups in total. The van der Waals surface area contributed by atoms with Gasteiger partial charge in [-0.1, -0.05) is 17.7 Å². The molecule has 0 aromatic heterocycles. The fraction of sp³-hybridized carbons (Fsp3) is 0.385. The average molecular weight is 346 g/mol. The van der Waals surface area contributed by atoms with Gasteiger partial charge in [0.05, 0.1) is 10.4 Å². The SMILES string of the molecule is CC(NC(=O)C1(c2ccc(Br)c(Cl)c2)CC1)C(N)=O. The van der Waals surface area contributed by atoms with Crippen molar-refractivity contribution in [1.82, 2.24) is 5.32 Å². The second-order valence-electron chi connectivity index (χ2n) is 4.81. The lowest BCUT2D eigenvalue weighted by Gasteiger charge is -2.18. The fourth-order valence-electron chi connectivity index (χ4n) is 1.97. The van der Waals surface area contributed by atoms with Crippen molar-refractivity contribution in [1.29, 1.82) is 0 Å². The highest BCUT2D eigenvalue weighted by Crippen LogP contribution is 2.49. The highest BCUT2D eigenvalue weighted by atomic mass is 79.9. The van der Waals surface area contributed by atoms with E-state index in [-0.39, 0.29) is 5.91 Å². The molecule has 1 unspecified atom stereocenters. The van der Waals surface area contributed by atoms with Crippen molar-refractivity contribution >= 4 is 39.3 Å². The smallest absolute Gasteiger partial charge is 0.239 e. The molecular weight excluding hydrogens is 332 g/mol. The van der Waals surface area contributed by atoms with Crippen LogP contribution in [0.3, 0.4) is 0 Å². The van der Waals surface area contributed by atoms with Crippen LogP contribution in [-0.4, -0.2) is 17.9 Å². The van der Waals surface area contributed by atoms with E-state index in [2.05, 4.69) is 21.2 Å². The van der Waals surface area contributed by atoms with Crippen LogP contribution >= 0.6 is 27.5 Å². The van der Waals surface area contributed by atoms with Gasteiger partial charge in [0, 0.05) is 4.47 Å². The maximum Gasteiger partial charge on any atom is 0.239 e. The molecule has 2 rings (SSSR count). The topological polar surface area (TPSA) is 72.2 Å². The molecule has 1 atom stereocenters. The third kappa shape index (κ3) is 2.77. The van der Waals surface area contributed by atoms with Crippen LogP contribution in [-0.2, 0) is 15.0 Å². The summed E-state index contributed by atoms with van der Waals surface area (Å²) in [5, 5.41) is 3.22. The minimum absolute atomic E-state index is 0.169. The Morgan fingerprint density at radius 1 is 1.47 bits per heavy atom. The Kier molecular flexibility index (Phi) is 3.87. The zero-order valence-electron chi connectivity index (χ0n) is 10.4. The van der Waals surface area contributed by atoms with Crippen LogP contribution in [0.5, 0.6) is 0 Å². The van der Waals surface area contributed by atoms with E-state index in [1.165, 1.54) is 0 Å². The van der Waals surface area contributed by atoms with Gasteiger partial charge in [-0.15, -0.1) is 0 Å². The first-order chi connectivity index (χ1) is 8.86. The van der Waals surface area contributed by atoms with Gasteiger partial charge in [-0.05, 0) is 53.4 Å². The number of nitrogens with two attached hydrogens (primary N) is 1. The Morgan fingerprint density at radius 3 is 2.58 bits per heavy atom. The number of benzene rings is 1. The standard InChI is InChI=1S/C13H14BrClN2O2/c1-7(11(16)18)17-12(19)13(4-5-13)8-2-3-9(14)10(15)6-8/h2-3,6-7H,4-5H2,1H3,(H2,16,18)(H,17,19). The van der Waals surface area contributed by atoms with E-state index in [9.17, 15) is 9.59 Å².